The SMILES string of the molecule is COc1ccc(OC(C)C)c(N)c1. The van der Waals surface area contributed by atoms with Crippen LogP contribution in [0.1, 0.15) is 13.8 Å². The molecule has 0 aliphatic rings. The van der Waals surface area contributed by atoms with Crippen molar-refractivity contribution in [2.45, 2.75) is 20.0 Å². The minimum Gasteiger partial charge on any atom is -0.497 e. The summed E-state index contributed by atoms with van der Waals surface area (Å²) >= 11 is 0. The summed E-state index contributed by atoms with van der Waals surface area (Å²) in [6, 6.07) is 5.39. The molecule has 0 aliphatic heterocycles. The molecule has 3 heteroatoms. The second-order valence-electron chi connectivity index (χ2n) is 3.07. The van der Waals surface area contributed by atoms with Gasteiger partial charge in [0.25, 0.3) is 0 Å². The minimum absolute atomic E-state index is 0.135. The van der Waals surface area contributed by atoms with Gasteiger partial charge in [0.15, 0.2) is 0 Å². The molecule has 0 bridgehead atoms. The minimum atomic E-state index is 0.135. The quantitative estimate of drug-likeness (QED) is 0.726. The highest BCUT2D eigenvalue weighted by atomic mass is 16.5. The van der Waals surface area contributed by atoms with Gasteiger partial charge in [-0.05, 0) is 26.0 Å². The molecule has 0 aromatic heterocycles. The summed E-state index contributed by atoms with van der Waals surface area (Å²) in [5, 5.41) is 0. The van der Waals surface area contributed by atoms with Gasteiger partial charge in [-0.3, -0.25) is 0 Å². The maximum Gasteiger partial charge on any atom is 0.142 e. The summed E-state index contributed by atoms with van der Waals surface area (Å²) in [6.07, 6.45) is 0.135. The second kappa shape index (κ2) is 4.03. The summed E-state index contributed by atoms with van der Waals surface area (Å²) < 4.78 is 10.5. The van der Waals surface area contributed by atoms with Gasteiger partial charge in [0, 0.05) is 6.07 Å². The molecule has 3 nitrogen and oxygen atoms in total. The van der Waals surface area contributed by atoms with E-state index in [2.05, 4.69) is 0 Å². The standard InChI is InChI=1S/C10H15NO2/c1-7(2)13-10-5-4-8(12-3)6-9(10)11/h4-7H,11H2,1-3H3. The summed E-state index contributed by atoms with van der Waals surface area (Å²) in [6.45, 7) is 3.92. The number of rotatable bonds is 3. The molecule has 1 aromatic carbocycles. The maximum absolute atomic E-state index is 5.74. The van der Waals surface area contributed by atoms with E-state index in [4.69, 9.17) is 15.2 Å². The molecule has 0 amide bonds. The van der Waals surface area contributed by atoms with Crippen molar-refractivity contribution in [3.05, 3.63) is 18.2 Å². The third-order valence-corrected chi connectivity index (χ3v) is 1.58. The average molecular weight is 181 g/mol. The van der Waals surface area contributed by atoms with Gasteiger partial charge in [-0.2, -0.15) is 0 Å². The molecule has 1 aromatic rings. The van der Waals surface area contributed by atoms with Gasteiger partial charge in [0.1, 0.15) is 11.5 Å². The number of nitrogens with two attached hydrogens (primary N) is 1. The van der Waals surface area contributed by atoms with Crippen LogP contribution in [0.2, 0.25) is 0 Å². The van der Waals surface area contributed by atoms with Crippen LogP contribution in [0.4, 0.5) is 5.69 Å². The van der Waals surface area contributed by atoms with Crippen LogP contribution < -0.4 is 15.2 Å². The van der Waals surface area contributed by atoms with Crippen LogP contribution in [-0.2, 0) is 0 Å². The van der Waals surface area contributed by atoms with Gasteiger partial charge < -0.3 is 15.2 Å². The zero-order valence-electron chi connectivity index (χ0n) is 8.20. The Hall–Kier alpha value is -1.38. The predicted octanol–water partition coefficient (Wildman–Crippen LogP) is 2.06. The van der Waals surface area contributed by atoms with Gasteiger partial charge in [-0.25, -0.2) is 0 Å². The summed E-state index contributed by atoms with van der Waals surface area (Å²) in [7, 11) is 1.61. The van der Waals surface area contributed by atoms with Crippen LogP contribution in [0.3, 0.4) is 0 Å². The third kappa shape index (κ3) is 2.54. The first-order chi connectivity index (χ1) is 6.13. The highest BCUT2D eigenvalue weighted by Crippen LogP contribution is 2.26. The fourth-order valence-electron chi connectivity index (χ4n) is 1.01. The first kappa shape index (κ1) is 9.71. The number of nitrogen functional groups attached to an aromatic ring is 1. The van der Waals surface area contributed by atoms with Gasteiger partial charge >= 0.3 is 0 Å². The van der Waals surface area contributed by atoms with E-state index in [1.807, 2.05) is 26.0 Å². The molecule has 1 rings (SSSR count). The smallest absolute Gasteiger partial charge is 0.142 e. The Morgan fingerprint density at radius 1 is 1.31 bits per heavy atom. The molecule has 0 saturated heterocycles. The van der Waals surface area contributed by atoms with Crippen molar-refractivity contribution in [3.8, 4) is 11.5 Å². The average Bonchev–Trinajstić information content (AvgIpc) is 2.08. The molecule has 0 aliphatic carbocycles. The molecule has 2 N–H and O–H groups in total. The zero-order valence-corrected chi connectivity index (χ0v) is 8.20. The zero-order chi connectivity index (χ0) is 9.84. The van der Waals surface area contributed by atoms with Crippen LogP contribution >= 0.6 is 0 Å². The van der Waals surface area contributed by atoms with Crippen LogP contribution in [0.25, 0.3) is 0 Å². The number of anilines is 1. The molecular formula is C10H15NO2. The van der Waals surface area contributed by atoms with Crippen molar-refractivity contribution in [2.75, 3.05) is 12.8 Å². The van der Waals surface area contributed by atoms with E-state index < -0.39 is 0 Å². The summed E-state index contributed by atoms with van der Waals surface area (Å²) in [4.78, 5) is 0. The van der Waals surface area contributed by atoms with E-state index in [1.165, 1.54) is 0 Å². The van der Waals surface area contributed by atoms with Crippen LogP contribution in [0.5, 0.6) is 11.5 Å². The molecule has 13 heavy (non-hydrogen) atoms. The lowest BCUT2D eigenvalue weighted by atomic mass is 10.3. The van der Waals surface area contributed by atoms with Crippen molar-refractivity contribution in [1.29, 1.82) is 0 Å². The van der Waals surface area contributed by atoms with E-state index in [0.717, 1.165) is 5.75 Å². The van der Waals surface area contributed by atoms with Crippen molar-refractivity contribution < 1.29 is 9.47 Å². The Morgan fingerprint density at radius 3 is 2.46 bits per heavy atom. The predicted molar refractivity (Wildman–Crippen MR) is 53.2 cm³/mol. The molecule has 72 valence electrons. The molecule has 0 saturated carbocycles. The maximum atomic E-state index is 5.74. The van der Waals surface area contributed by atoms with Crippen LogP contribution in [0, 0.1) is 0 Å². The Balaban J connectivity index is 2.85. The molecule has 0 unspecified atom stereocenters. The van der Waals surface area contributed by atoms with Crippen LogP contribution in [0.15, 0.2) is 18.2 Å². The van der Waals surface area contributed by atoms with E-state index in [9.17, 15) is 0 Å². The lowest BCUT2D eigenvalue weighted by Crippen LogP contribution is -2.07. The van der Waals surface area contributed by atoms with E-state index in [-0.39, 0.29) is 6.10 Å². The van der Waals surface area contributed by atoms with Gasteiger partial charge in [0.2, 0.25) is 0 Å². The largest absolute Gasteiger partial charge is 0.497 e. The molecule has 0 radical (unpaired) electrons. The molecule has 0 atom stereocenters. The summed E-state index contributed by atoms with van der Waals surface area (Å²) in [5.41, 5.74) is 6.34. The van der Waals surface area contributed by atoms with Gasteiger partial charge in [-0.15, -0.1) is 0 Å². The van der Waals surface area contributed by atoms with E-state index in [0.29, 0.717) is 11.4 Å². The van der Waals surface area contributed by atoms with E-state index in [1.54, 1.807) is 13.2 Å². The van der Waals surface area contributed by atoms with Crippen LogP contribution in [-0.4, -0.2) is 13.2 Å². The Bertz CT molecular complexity index is 284. The third-order valence-electron chi connectivity index (χ3n) is 1.58. The second-order valence-corrected chi connectivity index (χ2v) is 3.07. The monoisotopic (exact) mass is 181 g/mol. The lowest BCUT2D eigenvalue weighted by Gasteiger charge is -2.12. The Morgan fingerprint density at radius 2 is 2.00 bits per heavy atom. The number of benzene rings is 1. The molecular weight excluding hydrogens is 166 g/mol. The Labute approximate surface area is 78.5 Å². The number of ether oxygens (including phenoxy) is 2. The Kier molecular flexibility index (Phi) is 3.01. The van der Waals surface area contributed by atoms with Gasteiger partial charge in [0.05, 0.1) is 18.9 Å². The topological polar surface area (TPSA) is 44.5 Å². The highest BCUT2D eigenvalue weighted by molar-refractivity contribution is 5.56. The van der Waals surface area contributed by atoms with Crippen molar-refractivity contribution in [1.82, 2.24) is 0 Å². The highest BCUT2D eigenvalue weighted by Gasteiger charge is 2.03. The summed E-state index contributed by atoms with van der Waals surface area (Å²) in [5.74, 6) is 1.45. The first-order valence-electron chi connectivity index (χ1n) is 4.23. The number of hydrogen-bond acceptors (Lipinski definition) is 3. The molecule has 0 heterocycles. The fourth-order valence-corrected chi connectivity index (χ4v) is 1.01. The van der Waals surface area contributed by atoms with Crippen molar-refractivity contribution in [3.63, 3.8) is 0 Å². The lowest BCUT2D eigenvalue weighted by molar-refractivity contribution is 0.243. The fraction of sp³-hybridized carbons (Fsp3) is 0.400. The first-order valence-corrected chi connectivity index (χ1v) is 4.23. The number of methoxy groups -OCH3 is 1. The van der Waals surface area contributed by atoms with Crippen molar-refractivity contribution in [2.24, 2.45) is 0 Å². The number of hydrogen-bond donors (Lipinski definition) is 1. The normalized spacial score (nSPS) is 10.2. The van der Waals surface area contributed by atoms with E-state index >= 15 is 0 Å². The molecule has 0 fully saturated rings. The van der Waals surface area contributed by atoms with Crippen molar-refractivity contribution >= 4 is 5.69 Å². The molecule has 0 spiro atoms. The van der Waals surface area contributed by atoms with Gasteiger partial charge in [-0.1, -0.05) is 0 Å².